The molecule has 0 saturated heterocycles. The van der Waals surface area contributed by atoms with Gasteiger partial charge in [-0.05, 0) is 6.42 Å². The zero-order chi connectivity index (χ0) is 11.0. The van der Waals surface area contributed by atoms with E-state index in [0.717, 1.165) is 7.11 Å². The average molecular weight is 221 g/mol. The monoisotopic (exact) mass is 221 g/mol. The first-order valence-corrected chi connectivity index (χ1v) is 5.22. The van der Waals surface area contributed by atoms with Crippen molar-refractivity contribution in [3.05, 3.63) is 0 Å². The van der Waals surface area contributed by atoms with Crippen molar-refractivity contribution in [3.8, 4) is 6.07 Å². The van der Waals surface area contributed by atoms with E-state index < -0.39 is 16.3 Å². The molecule has 0 aromatic heterocycles. The van der Waals surface area contributed by atoms with Crippen LogP contribution in [0.15, 0.2) is 0 Å². The molecular weight excluding hydrogens is 210 g/mol. The topological polar surface area (TPSA) is 108 Å². The first-order valence-electron chi connectivity index (χ1n) is 3.74. The van der Waals surface area contributed by atoms with E-state index in [4.69, 9.17) is 5.26 Å². The number of amides is 1. The molecule has 8 heteroatoms. The molecule has 2 N–H and O–H groups in total. The number of nitrogens with one attached hydrogen (secondary N) is 2. The van der Waals surface area contributed by atoms with Crippen molar-refractivity contribution in [1.82, 2.24) is 9.44 Å². The second-order valence-corrected chi connectivity index (χ2v) is 3.75. The van der Waals surface area contributed by atoms with E-state index in [1.54, 1.807) is 4.72 Å². The summed E-state index contributed by atoms with van der Waals surface area (Å²) in [4.78, 5) is 10.5. The van der Waals surface area contributed by atoms with Gasteiger partial charge in [-0.2, -0.15) is 18.4 Å². The number of hydrogen-bond donors (Lipinski definition) is 2. The van der Waals surface area contributed by atoms with Gasteiger partial charge in [0.15, 0.2) is 0 Å². The normalized spacial score (nSPS) is 10.3. The summed E-state index contributed by atoms with van der Waals surface area (Å²) in [6, 6.07) is 1.86. The maximum atomic E-state index is 11.0. The van der Waals surface area contributed by atoms with Gasteiger partial charge in [-0.1, -0.05) is 0 Å². The third kappa shape index (κ3) is 6.22. The Morgan fingerprint density at radius 3 is 2.71 bits per heavy atom. The van der Waals surface area contributed by atoms with Crippen LogP contribution in [-0.4, -0.2) is 28.2 Å². The lowest BCUT2D eigenvalue weighted by molar-refractivity contribution is 0.177. The Bertz CT molecular complexity index is 318. The number of carbonyl (C=O) groups excluding carboxylic acids is 1. The van der Waals surface area contributed by atoms with E-state index in [1.165, 1.54) is 0 Å². The van der Waals surface area contributed by atoms with Crippen LogP contribution < -0.4 is 9.44 Å². The summed E-state index contributed by atoms with van der Waals surface area (Å²) in [6.45, 7) is 0.0971. The molecule has 0 spiro atoms. The number of carbonyl (C=O) groups is 1. The molecule has 0 aromatic carbocycles. The number of unbranched alkanes of at least 4 members (excludes halogenated alkanes) is 1. The Balaban J connectivity index is 3.86. The Hall–Kier alpha value is -1.33. The molecular formula is C6H11N3O4S. The summed E-state index contributed by atoms with van der Waals surface area (Å²) < 4.78 is 29.7. The fourth-order valence-corrected chi connectivity index (χ4v) is 1.35. The molecule has 0 aromatic rings. The van der Waals surface area contributed by atoms with Gasteiger partial charge in [0.05, 0.1) is 13.2 Å². The standard InChI is InChI=1S/C6H11N3O4S/c1-13-6(10)9-14(11,12)8-5-3-2-4-7/h8H,2-3,5H2,1H3,(H,9,10). The molecule has 0 saturated carbocycles. The van der Waals surface area contributed by atoms with Crippen LogP contribution in [0.3, 0.4) is 0 Å². The van der Waals surface area contributed by atoms with Crippen molar-refractivity contribution < 1.29 is 17.9 Å². The molecule has 0 atom stereocenters. The summed E-state index contributed by atoms with van der Waals surface area (Å²) in [7, 11) is -2.80. The highest BCUT2D eigenvalue weighted by Gasteiger charge is 2.12. The summed E-state index contributed by atoms with van der Waals surface area (Å²) in [6.07, 6.45) is -0.419. The molecule has 0 aliphatic heterocycles. The largest absolute Gasteiger partial charge is 0.452 e. The Labute approximate surface area is 82.2 Å². The van der Waals surface area contributed by atoms with E-state index in [0.29, 0.717) is 6.42 Å². The fraction of sp³-hybridized carbons (Fsp3) is 0.667. The SMILES string of the molecule is COC(=O)NS(=O)(=O)NCCCC#N. The summed E-state index contributed by atoms with van der Waals surface area (Å²) in [5, 5.41) is 8.16. The number of rotatable bonds is 5. The van der Waals surface area contributed by atoms with Crippen molar-refractivity contribution in [3.63, 3.8) is 0 Å². The van der Waals surface area contributed by atoms with E-state index >= 15 is 0 Å². The van der Waals surface area contributed by atoms with Crippen LogP contribution >= 0.6 is 0 Å². The Morgan fingerprint density at radius 1 is 1.57 bits per heavy atom. The number of hydrogen-bond acceptors (Lipinski definition) is 5. The van der Waals surface area contributed by atoms with Gasteiger partial charge >= 0.3 is 16.3 Å². The molecule has 1 amide bonds. The first kappa shape index (κ1) is 12.7. The van der Waals surface area contributed by atoms with Gasteiger partial charge in [0, 0.05) is 13.0 Å². The van der Waals surface area contributed by atoms with Crippen LogP contribution in [0.2, 0.25) is 0 Å². The van der Waals surface area contributed by atoms with E-state index in [2.05, 4.69) is 9.46 Å². The van der Waals surface area contributed by atoms with Crippen LogP contribution in [-0.2, 0) is 14.9 Å². The molecule has 7 nitrogen and oxygen atoms in total. The Morgan fingerprint density at radius 2 is 2.21 bits per heavy atom. The molecule has 14 heavy (non-hydrogen) atoms. The molecule has 0 bridgehead atoms. The summed E-state index contributed by atoms with van der Waals surface area (Å²) in [5.41, 5.74) is 0. The zero-order valence-corrected chi connectivity index (χ0v) is 8.43. The van der Waals surface area contributed by atoms with E-state index in [-0.39, 0.29) is 13.0 Å². The van der Waals surface area contributed by atoms with Gasteiger partial charge in [0.25, 0.3) is 0 Å². The van der Waals surface area contributed by atoms with Crippen molar-refractivity contribution >= 4 is 16.3 Å². The van der Waals surface area contributed by atoms with E-state index in [1.807, 2.05) is 6.07 Å². The van der Waals surface area contributed by atoms with Gasteiger partial charge in [0.2, 0.25) is 0 Å². The lowest BCUT2D eigenvalue weighted by Gasteiger charge is -2.05. The first-order chi connectivity index (χ1) is 6.52. The van der Waals surface area contributed by atoms with Crippen molar-refractivity contribution in [1.29, 1.82) is 5.26 Å². The number of nitrogens with zero attached hydrogens (tertiary/aromatic N) is 1. The predicted molar refractivity (Wildman–Crippen MR) is 47.3 cm³/mol. The Kier molecular flexibility index (Phi) is 5.59. The molecule has 0 aliphatic carbocycles. The lowest BCUT2D eigenvalue weighted by atomic mass is 10.3. The highest BCUT2D eigenvalue weighted by Crippen LogP contribution is 1.86. The van der Waals surface area contributed by atoms with Gasteiger partial charge < -0.3 is 4.74 Å². The number of methoxy groups -OCH3 is 1. The van der Waals surface area contributed by atoms with E-state index in [9.17, 15) is 13.2 Å². The summed E-state index contributed by atoms with van der Waals surface area (Å²) in [5.74, 6) is 0. The minimum absolute atomic E-state index is 0.0971. The van der Waals surface area contributed by atoms with Gasteiger partial charge in [-0.25, -0.2) is 9.52 Å². The zero-order valence-electron chi connectivity index (χ0n) is 7.61. The maximum absolute atomic E-state index is 11.0. The minimum atomic E-state index is -3.86. The minimum Gasteiger partial charge on any atom is -0.452 e. The van der Waals surface area contributed by atoms with Gasteiger partial charge in [0.1, 0.15) is 0 Å². The quantitative estimate of drug-likeness (QED) is 0.607. The van der Waals surface area contributed by atoms with Crippen molar-refractivity contribution in [2.24, 2.45) is 0 Å². The second kappa shape index (κ2) is 6.17. The molecule has 0 fully saturated rings. The van der Waals surface area contributed by atoms with Crippen LogP contribution in [0.1, 0.15) is 12.8 Å². The molecule has 0 rings (SSSR count). The second-order valence-electron chi connectivity index (χ2n) is 2.25. The molecule has 0 unspecified atom stereocenters. The van der Waals surface area contributed by atoms with Crippen LogP contribution in [0.5, 0.6) is 0 Å². The highest BCUT2D eigenvalue weighted by atomic mass is 32.2. The summed E-state index contributed by atoms with van der Waals surface area (Å²) >= 11 is 0. The maximum Gasteiger partial charge on any atom is 0.421 e. The molecule has 80 valence electrons. The lowest BCUT2D eigenvalue weighted by Crippen LogP contribution is -2.40. The number of nitriles is 1. The average Bonchev–Trinajstić information content (AvgIpc) is 2.12. The van der Waals surface area contributed by atoms with Crippen molar-refractivity contribution in [2.75, 3.05) is 13.7 Å². The third-order valence-corrected chi connectivity index (χ3v) is 2.18. The van der Waals surface area contributed by atoms with Crippen molar-refractivity contribution in [2.45, 2.75) is 12.8 Å². The molecule has 0 radical (unpaired) electrons. The molecule has 0 aliphatic rings. The van der Waals surface area contributed by atoms with Gasteiger partial charge in [-0.15, -0.1) is 0 Å². The smallest absolute Gasteiger partial charge is 0.421 e. The molecule has 0 heterocycles. The van der Waals surface area contributed by atoms with Crippen LogP contribution in [0.25, 0.3) is 0 Å². The highest BCUT2D eigenvalue weighted by molar-refractivity contribution is 7.88. The van der Waals surface area contributed by atoms with Crippen LogP contribution in [0, 0.1) is 11.3 Å². The third-order valence-electron chi connectivity index (χ3n) is 1.16. The van der Waals surface area contributed by atoms with Crippen LogP contribution in [0.4, 0.5) is 4.79 Å². The predicted octanol–water partition coefficient (Wildman–Crippen LogP) is -0.519. The fourth-order valence-electron chi connectivity index (χ4n) is 0.561. The number of ether oxygens (including phenoxy) is 1. The van der Waals surface area contributed by atoms with Gasteiger partial charge in [-0.3, -0.25) is 0 Å².